The Bertz CT molecular complexity index is 1580. The number of nitrogens with zero attached hydrogens (tertiary/aromatic N) is 4. The first-order chi connectivity index (χ1) is 19.7. The lowest BCUT2D eigenvalue weighted by atomic mass is 10.0. The molecule has 1 amide bonds. The quantitative estimate of drug-likeness (QED) is 0.244. The third-order valence-electron chi connectivity index (χ3n) is 7.83. The molecule has 0 aliphatic carbocycles. The van der Waals surface area contributed by atoms with E-state index in [2.05, 4.69) is 76.5 Å². The van der Waals surface area contributed by atoms with Crippen molar-refractivity contribution in [1.82, 2.24) is 14.8 Å². The van der Waals surface area contributed by atoms with Gasteiger partial charge in [0.1, 0.15) is 0 Å². The topological polar surface area (TPSA) is 39.7 Å². The number of aromatic nitrogens is 1. The molecule has 5 heteroatoms. The van der Waals surface area contributed by atoms with Gasteiger partial charge in [-0.3, -0.25) is 9.69 Å². The second kappa shape index (κ2) is 11.7. The van der Waals surface area contributed by atoms with Crippen molar-refractivity contribution in [3.8, 4) is 22.4 Å². The number of carbonyl (C=O) groups is 1. The SMILES string of the molecule is CN(CCN1CCN(c2ccccc2)CC1)C(=O)c1cc(-c2ccc(-c3ccccc3)cc2)nc2ccccc12. The summed E-state index contributed by atoms with van der Waals surface area (Å²) in [6.45, 7) is 5.55. The Labute approximate surface area is 236 Å². The first-order valence-electron chi connectivity index (χ1n) is 14.0. The van der Waals surface area contributed by atoms with E-state index in [1.165, 1.54) is 11.3 Å². The van der Waals surface area contributed by atoms with E-state index in [1.807, 2.05) is 60.5 Å². The summed E-state index contributed by atoms with van der Waals surface area (Å²) in [4.78, 5) is 25.4. The Morgan fingerprint density at radius 2 is 1.32 bits per heavy atom. The van der Waals surface area contributed by atoms with Crippen LogP contribution < -0.4 is 4.90 Å². The molecule has 200 valence electrons. The van der Waals surface area contributed by atoms with Gasteiger partial charge in [-0.25, -0.2) is 4.98 Å². The van der Waals surface area contributed by atoms with Crippen molar-refractivity contribution in [1.29, 1.82) is 0 Å². The molecular weight excluding hydrogens is 492 g/mol. The number of pyridine rings is 1. The molecule has 1 aliphatic rings. The van der Waals surface area contributed by atoms with Crippen molar-refractivity contribution in [3.05, 3.63) is 121 Å². The van der Waals surface area contributed by atoms with E-state index in [9.17, 15) is 4.79 Å². The lowest BCUT2D eigenvalue weighted by Gasteiger charge is -2.36. The Morgan fingerprint density at radius 3 is 2.05 bits per heavy atom. The summed E-state index contributed by atoms with van der Waals surface area (Å²) in [6, 6.07) is 39.2. The lowest BCUT2D eigenvalue weighted by Crippen LogP contribution is -2.48. The molecule has 5 nitrogen and oxygen atoms in total. The van der Waals surface area contributed by atoms with Crippen LogP contribution in [0.5, 0.6) is 0 Å². The van der Waals surface area contributed by atoms with E-state index in [4.69, 9.17) is 4.98 Å². The summed E-state index contributed by atoms with van der Waals surface area (Å²) in [6.07, 6.45) is 0. The number of amides is 1. The molecule has 1 fully saturated rings. The maximum atomic E-state index is 13.8. The van der Waals surface area contributed by atoms with Gasteiger partial charge in [0.15, 0.2) is 0 Å². The summed E-state index contributed by atoms with van der Waals surface area (Å²) in [5, 5.41) is 0.889. The molecule has 0 unspecified atom stereocenters. The lowest BCUT2D eigenvalue weighted by molar-refractivity contribution is 0.0778. The van der Waals surface area contributed by atoms with Crippen LogP contribution in [0.3, 0.4) is 0 Å². The molecule has 0 atom stereocenters. The summed E-state index contributed by atoms with van der Waals surface area (Å²) >= 11 is 0. The van der Waals surface area contributed by atoms with Gasteiger partial charge in [0.25, 0.3) is 5.91 Å². The zero-order valence-electron chi connectivity index (χ0n) is 22.9. The van der Waals surface area contributed by atoms with Gasteiger partial charge in [0.2, 0.25) is 0 Å². The first kappa shape index (κ1) is 25.8. The van der Waals surface area contributed by atoms with Crippen molar-refractivity contribution in [2.75, 3.05) is 51.2 Å². The van der Waals surface area contributed by atoms with E-state index < -0.39 is 0 Å². The highest BCUT2D eigenvalue weighted by atomic mass is 16.2. The molecular formula is C35H34N4O. The molecule has 0 radical (unpaired) electrons. The van der Waals surface area contributed by atoms with Crippen molar-refractivity contribution >= 4 is 22.5 Å². The van der Waals surface area contributed by atoms with Crippen molar-refractivity contribution in [3.63, 3.8) is 0 Å². The van der Waals surface area contributed by atoms with Crippen LogP contribution in [0.1, 0.15) is 10.4 Å². The average Bonchev–Trinajstić information content (AvgIpc) is 3.04. The first-order valence-corrected chi connectivity index (χ1v) is 14.0. The molecule has 6 rings (SSSR count). The van der Waals surface area contributed by atoms with Gasteiger partial charge < -0.3 is 9.80 Å². The molecule has 4 aromatic carbocycles. The zero-order valence-corrected chi connectivity index (χ0v) is 22.9. The largest absolute Gasteiger partial charge is 0.369 e. The Balaban J connectivity index is 1.16. The third-order valence-corrected chi connectivity index (χ3v) is 7.83. The summed E-state index contributed by atoms with van der Waals surface area (Å²) in [7, 11) is 1.91. The average molecular weight is 527 g/mol. The fraction of sp³-hybridized carbons (Fsp3) is 0.200. The number of para-hydroxylation sites is 2. The number of fused-ring (bicyclic) bond motifs is 1. The van der Waals surface area contributed by atoms with E-state index in [1.54, 1.807) is 0 Å². The molecule has 40 heavy (non-hydrogen) atoms. The number of rotatable bonds is 7. The van der Waals surface area contributed by atoms with Gasteiger partial charge in [0, 0.05) is 63.0 Å². The van der Waals surface area contributed by atoms with Crippen LogP contribution in [0, 0.1) is 0 Å². The second-order valence-corrected chi connectivity index (χ2v) is 10.4. The minimum atomic E-state index is 0.0312. The van der Waals surface area contributed by atoms with Gasteiger partial charge in [0.05, 0.1) is 16.8 Å². The summed E-state index contributed by atoms with van der Waals surface area (Å²) in [5.41, 5.74) is 6.96. The predicted octanol–water partition coefficient (Wildman–Crippen LogP) is 6.46. The monoisotopic (exact) mass is 526 g/mol. The maximum Gasteiger partial charge on any atom is 0.254 e. The molecule has 0 saturated carbocycles. The van der Waals surface area contributed by atoms with Crippen LogP contribution >= 0.6 is 0 Å². The number of likely N-dealkylation sites (N-methyl/N-ethyl adjacent to an activating group) is 1. The smallest absolute Gasteiger partial charge is 0.254 e. The predicted molar refractivity (Wildman–Crippen MR) is 165 cm³/mol. The zero-order chi connectivity index (χ0) is 27.3. The Morgan fingerprint density at radius 1 is 0.725 bits per heavy atom. The number of hydrogen-bond donors (Lipinski definition) is 0. The van der Waals surface area contributed by atoms with E-state index in [-0.39, 0.29) is 5.91 Å². The fourth-order valence-electron chi connectivity index (χ4n) is 5.43. The second-order valence-electron chi connectivity index (χ2n) is 10.4. The molecule has 0 N–H and O–H groups in total. The molecule has 1 aromatic heterocycles. The van der Waals surface area contributed by atoms with Gasteiger partial charge >= 0.3 is 0 Å². The van der Waals surface area contributed by atoms with Crippen molar-refractivity contribution in [2.24, 2.45) is 0 Å². The van der Waals surface area contributed by atoms with Gasteiger partial charge in [-0.05, 0) is 35.4 Å². The van der Waals surface area contributed by atoms with Crippen molar-refractivity contribution < 1.29 is 4.79 Å². The summed E-state index contributed by atoms with van der Waals surface area (Å²) in [5.74, 6) is 0.0312. The highest BCUT2D eigenvalue weighted by Crippen LogP contribution is 2.28. The number of carbonyl (C=O) groups excluding carboxylic acids is 1. The van der Waals surface area contributed by atoms with Gasteiger partial charge in [-0.1, -0.05) is 91.0 Å². The minimum absolute atomic E-state index is 0.0312. The van der Waals surface area contributed by atoms with Gasteiger partial charge in [-0.2, -0.15) is 0 Å². The maximum absolute atomic E-state index is 13.8. The number of benzene rings is 4. The van der Waals surface area contributed by atoms with E-state index in [0.29, 0.717) is 12.1 Å². The number of piperazine rings is 1. The standard InChI is InChI=1S/C35H34N4O/c1-37(20-21-38-22-24-39(25-23-38)30-12-6-3-7-13-30)35(40)32-26-34(36-33-15-9-8-14-31(32)33)29-18-16-28(17-19-29)27-10-4-2-5-11-27/h2-19,26H,20-25H2,1H3. The Kier molecular flexibility index (Phi) is 7.56. The van der Waals surface area contributed by atoms with Gasteiger partial charge in [-0.15, -0.1) is 0 Å². The molecule has 5 aromatic rings. The highest BCUT2D eigenvalue weighted by Gasteiger charge is 2.21. The molecule has 0 spiro atoms. The van der Waals surface area contributed by atoms with E-state index >= 15 is 0 Å². The van der Waals surface area contributed by atoms with Crippen LogP contribution in [0.15, 0.2) is 115 Å². The normalized spacial score (nSPS) is 13.9. The summed E-state index contributed by atoms with van der Waals surface area (Å²) < 4.78 is 0. The van der Waals surface area contributed by atoms with Crippen LogP contribution in [-0.2, 0) is 0 Å². The van der Waals surface area contributed by atoms with Crippen LogP contribution in [0.2, 0.25) is 0 Å². The highest BCUT2D eigenvalue weighted by molar-refractivity contribution is 6.07. The van der Waals surface area contributed by atoms with E-state index in [0.717, 1.165) is 60.4 Å². The number of anilines is 1. The molecule has 0 bridgehead atoms. The van der Waals surface area contributed by atoms with Crippen LogP contribution in [0.25, 0.3) is 33.3 Å². The third kappa shape index (κ3) is 5.61. The van der Waals surface area contributed by atoms with Crippen LogP contribution in [0.4, 0.5) is 5.69 Å². The van der Waals surface area contributed by atoms with Crippen LogP contribution in [-0.4, -0.2) is 67.0 Å². The molecule has 1 saturated heterocycles. The minimum Gasteiger partial charge on any atom is -0.369 e. The van der Waals surface area contributed by atoms with Crippen molar-refractivity contribution in [2.45, 2.75) is 0 Å². The molecule has 1 aliphatic heterocycles. The Hall–Kier alpha value is -4.48. The fourth-order valence-corrected chi connectivity index (χ4v) is 5.43. The molecule has 2 heterocycles. The number of hydrogen-bond acceptors (Lipinski definition) is 4.